The van der Waals surface area contributed by atoms with Crippen LogP contribution in [-0.2, 0) is 13.0 Å². The topological polar surface area (TPSA) is 96.7 Å². The molecule has 3 saturated carbocycles. The predicted molar refractivity (Wildman–Crippen MR) is 189 cm³/mol. The van der Waals surface area contributed by atoms with Gasteiger partial charge in [-0.05, 0) is 91.3 Å². The van der Waals surface area contributed by atoms with Crippen molar-refractivity contribution in [2.45, 2.75) is 65.6 Å². The zero-order valence-electron chi connectivity index (χ0n) is 28.5. The normalized spacial score (nSPS) is 25.1. The number of ether oxygens (including phenoxy) is 1. The van der Waals surface area contributed by atoms with Crippen molar-refractivity contribution in [3.8, 4) is 17.1 Å². The third-order valence-corrected chi connectivity index (χ3v) is 11.3. The average molecular weight is 652 g/mol. The Balaban J connectivity index is 1.23. The number of fused-ring (bicyclic) bond motifs is 3. The van der Waals surface area contributed by atoms with E-state index in [4.69, 9.17) is 14.7 Å². The number of guanidine groups is 1. The van der Waals surface area contributed by atoms with Crippen molar-refractivity contribution < 1.29 is 9.13 Å². The maximum absolute atomic E-state index is 14.8. The number of rotatable bonds is 7. The predicted octanol–water partition coefficient (Wildman–Crippen LogP) is 5.98. The number of anilines is 1. The number of hydrogen-bond acceptors (Lipinski definition) is 6. The van der Waals surface area contributed by atoms with Crippen molar-refractivity contribution in [3.63, 3.8) is 0 Å². The van der Waals surface area contributed by atoms with Crippen LogP contribution in [0.3, 0.4) is 0 Å². The highest BCUT2D eigenvalue weighted by Gasteiger charge is 2.56. The van der Waals surface area contributed by atoms with Crippen LogP contribution in [0.1, 0.15) is 46.1 Å². The first-order chi connectivity index (χ1) is 23.1. The molecule has 2 bridgehead atoms. The molecular weight excluding hydrogens is 605 g/mol. The number of aryl methyl sites for hydroxylation is 1. The zero-order chi connectivity index (χ0) is 33.6. The number of aromatic nitrogens is 3. The molecule has 3 aliphatic carbocycles. The molecule has 1 saturated heterocycles. The number of aliphatic imine (C=N–C) groups is 1. The minimum Gasteiger partial charge on any atom is -0.497 e. The first-order valence-electron chi connectivity index (χ1n) is 17.2. The van der Waals surface area contributed by atoms with Crippen molar-refractivity contribution in [1.29, 1.82) is 0 Å². The Morgan fingerprint density at radius 2 is 2.02 bits per heavy atom. The van der Waals surface area contributed by atoms with E-state index in [0.29, 0.717) is 57.8 Å². The molecule has 48 heavy (non-hydrogen) atoms. The quantitative estimate of drug-likeness (QED) is 0.188. The molecule has 2 aromatic heterocycles. The first kappa shape index (κ1) is 32.2. The largest absolute Gasteiger partial charge is 0.497 e. The fourth-order valence-electron chi connectivity index (χ4n) is 8.21. The number of hydrogen-bond donors (Lipinski definition) is 2. The fraction of sp³-hybridized carbons (Fsp3) is 0.474. The summed E-state index contributed by atoms with van der Waals surface area (Å²) in [5.74, 6) is 3.41. The van der Waals surface area contributed by atoms with Crippen LogP contribution in [0.25, 0.3) is 22.3 Å². The smallest absolute Gasteiger partial charge is 0.261 e. The number of pyridine rings is 1. The fourth-order valence-corrected chi connectivity index (χ4v) is 8.21. The monoisotopic (exact) mass is 651 g/mol. The highest BCUT2D eigenvalue weighted by molar-refractivity contribution is 5.96. The number of piperazine rings is 1. The molecule has 10 heteroatoms. The number of nitrogens with one attached hydrogen (secondary N) is 2. The summed E-state index contributed by atoms with van der Waals surface area (Å²) in [6, 6.07) is 14.9. The third kappa shape index (κ3) is 6.06. The van der Waals surface area contributed by atoms with Gasteiger partial charge in [-0.1, -0.05) is 26.8 Å². The molecule has 4 fully saturated rings. The van der Waals surface area contributed by atoms with Gasteiger partial charge in [0.2, 0.25) is 0 Å². The molecule has 0 spiro atoms. The molecule has 5 atom stereocenters. The summed E-state index contributed by atoms with van der Waals surface area (Å²) in [6.45, 7) is 12.3. The SMILES string of the molecule is COc1ccc(CCn2c(-c3cccnc3)nc3cc(NC(=NC4C[C@H]5C[C@@H]([C@@H]4C)C5(C)C)N4CCN[C@@H](C)C4)ccc3c2=O)c(F)c1. The van der Waals surface area contributed by atoms with Crippen LogP contribution in [0.2, 0.25) is 0 Å². The van der Waals surface area contributed by atoms with Crippen LogP contribution in [0.15, 0.2) is 70.7 Å². The van der Waals surface area contributed by atoms with Gasteiger partial charge in [0.25, 0.3) is 5.56 Å². The van der Waals surface area contributed by atoms with Gasteiger partial charge in [0.15, 0.2) is 5.96 Å². The second kappa shape index (κ2) is 13.0. The van der Waals surface area contributed by atoms with Crippen LogP contribution in [0.5, 0.6) is 5.75 Å². The summed E-state index contributed by atoms with van der Waals surface area (Å²) < 4.78 is 21.6. The van der Waals surface area contributed by atoms with Crippen LogP contribution < -0.4 is 20.9 Å². The van der Waals surface area contributed by atoms with Gasteiger partial charge >= 0.3 is 0 Å². The average Bonchev–Trinajstić information content (AvgIpc) is 3.08. The number of nitrogens with zero attached hydrogens (tertiary/aromatic N) is 5. The number of methoxy groups -OCH3 is 1. The van der Waals surface area contributed by atoms with Crippen molar-refractivity contribution in [1.82, 2.24) is 24.8 Å². The van der Waals surface area contributed by atoms with Gasteiger partial charge in [0.05, 0.1) is 24.1 Å². The van der Waals surface area contributed by atoms with Crippen molar-refractivity contribution in [2.75, 3.05) is 32.1 Å². The second-order valence-electron chi connectivity index (χ2n) is 14.5. The van der Waals surface area contributed by atoms with Crippen LogP contribution in [0, 0.1) is 29.0 Å². The van der Waals surface area contributed by atoms with E-state index in [1.54, 1.807) is 29.1 Å². The van der Waals surface area contributed by atoms with Gasteiger partial charge in [-0.3, -0.25) is 14.3 Å². The molecule has 9 nitrogen and oxygen atoms in total. The lowest BCUT2D eigenvalue weighted by Crippen LogP contribution is -2.57. The summed E-state index contributed by atoms with van der Waals surface area (Å²) in [6.07, 6.45) is 6.14. The Morgan fingerprint density at radius 1 is 1.17 bits per heavy atom. The molecule has 4 aliphatic rings. The maximum Gasteiger partial charge on any atom is 0.261 e. The molecule has 3 heterocycles. The minimum atomic E-state index is -0.366. The van der Waals surface area contributed by atoms with E-state index in [-0.39, 0.29) is 24.0 Å². The molecule has 0 radical (unpaired) electrons. The molecule has 2 aromatic carbocycles. The van der Waals surface area contributed by atoms with Gasteiger partial charge in [-0.25, -0.2) is 14.4 Å². The Kier molecular flexibility index (Phi) is 8.70. The van der Waals surface area contributed by atoms with Crippen molar-refractivity contribution in [3.05, 3.63) is 82.7 Å². The number of halogens is 1. The standard InChI is InChI=1S/C38H46FN7O2/c1-23-22-45(16-14-41-23)37(44-33-18-27-17-31(24(33)2)38(27,3)4)42-28-9-11-30-34(19-28)43-35(26-7-6-13-40-21-26)46(36(30)47)15-12-25-8-10-29(48-5)20-32(25)39/h6-11,13,19-21,23-24,27,31,33,41H,12,14-18,22H2,1-5H3,(H,42,44)/t23-,24-,27+,31-,33?/m0/s1. The van der Waals surface area contributed by atoms with E-state index in [1.165, 1.54) is 19.6 Å². The van der Waals surface area contributed by atoms with E-state index >= 15 is 0 Å². The Hall–Kier alpha value is -4.31. The van der Waals surface area contributed by atoms with Crippen LogP contribution >= 0.6 is 0 Å². The lowest BCUT2D eigenvalue weighted by atomic mass is 9.45. The molecule has 2 N–H and O–H groups in total. The highest BCUT2D eigenvalue weighted by Crippen LogP contribution is 2.61. The van der Waals surface area contributed by atoms with Crippen molar-refractivity contribution in [2.24, 2.45) is 28.2 Å². The summed E-state index contributed by atoms with van der Waals surface area (Å²) in [4.78, 5) is 31.2. The molecule has 0 amide bonds. The molecule has 4 aromatic rings. The minimum absolute atomic E-state index is 0.179. The Morgan fingerprint density at radius 3 is 2.73 bits per heavy atom. The lowest BCUT2D eigenvalue weighted by Gasteiger charge is -2.61. The van der Waals surface area contributed by atoms with Gasteiger partial charge in [0, 0.05) is 61.9 Å². The van der Waals surface area contributed by atoms with E-state index in [1.807, 2.05) is 30.3 Å². The maximum atomic E-state index is 14.8. The molecule has 1 aliphatic heterocycles. The van der Waals surface area contributed by atoms with Gasteiger partial charge in [-0.15, -0.1) is 0 Å². The van der Waals surface area contributed by atoms with Crippen LogP contribution in [-0.4, -0.2) is 64.2 Å². The van der Waals surface area contributed by atoms with Gasteiger partial charge in [0.1, 0.15) is 17.4 Å². The van der Waals surface area contributed by atoms with Crippen LogP contribution in [0.4, 0.5) is 10.1 Å². The van der Waals surface area contributed by atoms with E-state index < -0.39 is 0 Å². The zero-order valence-corrected chi connectivity index (χ0v) is 28.5. The van der Waals surface area contributed by atoms with E-state index in [2.05, 4.69) is 48.2 Å². The summed E-state index contributed by atoms with van der Waals surface area (Å²) in [5.41, 5.74) is 2.86. The van der Waals surface area contributed by atoms with Gasteiger partial charge < -0.3 is 20.3 Å². The third-order valence-electron chi connectivity index (χ3n) is 11.3. The lowest BCUT2D eigenvalue weighted by molar-refractivity contribution is -0.108. The van der Waals surface area contributed by atoms with Crippen molar-refractivity contribution >= 4 is 22.5 Å². The molecular formula is C38H46FN7O2. The molecule has 252 valence electrons. The second-order valence-corrected chi connectivity index (χ2v) is 14.5. The summed E-state index contributed by atoms with van der Waals surface area (Å²) >= 11 is 0. The van der Waals surface area contributed by atoms with E-state index in [0.717, 1.165) is 49.2 Å². The Labute approximate surface area is 281 Å². The first-order valence-corrected chi connectivity index (χ1v) is 17.2. The molecule has 1 unspecified atom stereocenters. The van der Waals surface area contributed by atoms with Gasteiger partial charge in [-0.2, -0.15) is 0 Å². The Bertz CT molecular complexity index is 1890. The number of benzene rings is 2. The summed E-state index contributed by atoms with van der Waals surface area (Å²) in [7, 11) is 1.51. The highest BCUT2D eigenvalue weighted by atomic mass is 19.1. The summed E-state index contributed by atoms with van der Waals surface area (Å²) in [5, 5.41) is 7.72. The van der Waals surface area contributed by atoms with E-state index in [9.17, 15) is 9.18 Å². The molecule has 8 rings (SSSR count).